The Morgan fingerprint density at radius 1 is 0.963 bits per heavy atom. The van der Waals surface area contributed by atoms with Crippen molar-refractivity contribution in [2.75, 3.05) is 32.8 Å². The lowest BCUT2D eigenvalue weighted by atomic mass is 10.2. The van der Waals surface area contributed by atoms with Gasteiger partial charge in [-0.15, -0.1) is 0 Å². The molecule has 2 heterocycles. The van der Waals surface area contributed by atoms with Crippen molar-refractivity contribution in [3.05, 3.63) is 48.7 Å². The van der Waals surface area contributed by atoms with Gasteiger partial charge in [0.15, 0.2) is 11.5 Å². The van der Waals surface area contributed by atoms with Gasteiger partial charge in [0.2, 0.25) is 0 Å². The first kappa shape index (κ1) is 17.1. The fourth-order valence-corrected chi connectivity index (χ4v) is 2.87. The Bertz CT molecular complexity index is 1080. The number of rotatable bonds is 7. The molecule has 0 saturated heterocycles. The fraction of sp³-hybridized carbons (Fsp3) is 0.200. The second-order valence-corrected chi connectivity index (χ2v) is 6.03. The predicted molar refractivity (Wildman–Crippen MR) is 105 cm³/mol. The topological polar surface area (TPSA) is 81.3 Å². The maximum absolute atomic E-state index is 5.75. The van der Waals surface area contributed by atoms with E-state index < -0.39 is 0 Å². The minimum absolute atomic E-state index is 0.445. The molecule has 0 radical (unpaired) electrons. The third-order valence-corrected chi connectivity index (χ3v) is 4.23. The van der Waals surface area contributed by atoms with Gasteiger partial charge in [0.25, 0.3) is 0 Å². The maximum atomic E-state index is 5.75. The first-order chi connectivity index (χ1) is 13.3. The molecule has 0 aliphatic carbocycles. The number of methoxy groups -OCH3 is 2. The minimum Gasteiger partial charge on any atom is -0.493 e. The van der Waals surface area contributed by atoms with Crippen molar-refractivity contribution in [3.63, 3.8) is 0 Å². The van der Waals surface area contributed by atoms with Gasteiger partial charge in [0, 0.05) is 29.6 Å². The SMILES string of the molecule is COCCOc1cc2nc(Nc3ccc4cn[nH]c4c3)ccc2cc1OC. The molecule has 7 nitrogen and oxygen atoms in total. The van der Waals surface area contributed by atoms with Crippen molar-refractivity contribution in [2.45, 2.75) is 0 Å². The summed E-state index contributed by atoms with van der Waals surface area (Å²) in [5, 5.41) is 12.4. The Hall–Kier alpha value is -3.32. The number of benzene rings is 2. The van der Waals surface area contributed by atoms with Crippen LogP contribution >= 0.6 is 0 Å². The number of fused-ring (bicyclic) bond motifs is 2. The Kier molecular flexibility index (Phi) is 4.76. The zero-order valence-corrected chi connectivity index (χ0v) is 15.2. The lowest BCUT2D eigenvalue weighted by Gasteiger charge is -2.12. The molecule has 2 aromatic carbocycles. The molecular formula is C20H20N4O3. The molecule has 0 aliphatic rings. The predicted octanol–water partition coefficient (Wildman–Crippen LogP) is 3.89. The molecule has 0 saturated carbocycles. The highest BCUT2D eigenvalue weighted by Crippen LogP contribution is 2.32. The van der Waals surface area contributed by atoms with Crippen LogP contribution in [0.25, 0.3) is 21.8 Å². The minimum atomic E-state index is 0.445. The molecule has 2 aromatic heterocycles. The zero-order chi connectivity index (χ0) is 18.6. The Morgan fingerprint density at radius 3 is 2.70 bits per heavy atom. The molecule has 138 valence electrons. The van der Waals surface area contributed by atoms with Gasteiger partial charge in [-0.2, -0.15) is 5.10 Å². The van der Waals surface area contributed by atoms with E-state index in [9.17, 15) is 0 Å². The number of ether oxygens (including phenoxy) is 3. The lowest BCUT2D eigenvalue weighted by molar-refractivity contribution is 0.144. The number of nitrogens with zero attached hydrogens (tertiary/aromatic N) is 2. The molecule has 0 fully saturated rings. The molecule has 2 N–H and O–H groups in total. The number of hydrogen-bond donors (Lipinski definition) is 2. The Morgan fingerprint density at radius 2 is 1.85 bits per heavy atom. The number of nitrogens with one attached hydrogen (secondary N) is 2. The molecule has 7 heteroatoms. The van der Waals surface area contributed by atoms with Crippen molar-refractivity contribution in [2.24, 2.45) is 0 Å². The molecule has 4 rings (SSSR count). The van der Waals surface area contributed by atoms with E-state index in [1.165, 1.54) is 0 Å². The summed E-state index contributed by atoms with van der Waals surface area (Å²) >= 11 is 0. The molecular weight excluding hydrogens is 344 g/mol. The normalized spacial score (nSPS) is 11.0. The van der Waals surface area contributed by atoms with Crippen molar-refractivity contribution >= 4 is 33.3 Å². The number of aromatic nitrogens is 3. The molecule has 0 atom stereocenters. The van der Waals surface area contributed by atoms with Crippen molar-refractivity contribution in [1.82, 2.24) is 15.2 Å². The van der Waals surface area contributed by atoms with Crippen LogP contribution in [-0.4, -0.2) is 42.6 Å². The van der Waals surface area contributed by atoms with Crippen LogP contribution in [0.1, 0.15) is 0 Å². The van der Waals surface area contributed by atoms with Gasteiger partial charge >= 0.3 is 0 Å². The maximum Gasteiger partial charge on any atom is 0.163 e. The van der Waals surface area contributed by atoms with E-state index in [1.54, 1.807) is 20.4 Å². The second kappa shape index (κ2) is 7.51. The number of hydrogen-bond acceptors (Lipinski definition) is 6. The number of H-pyrrole nitrogens is 1. The first-order valence-corrected chi connectivity index (χ1v) is 8.57. The van der Waals surface area contributed by atoms with Crippen LogP contribution in [0.4, 0.5) is 11.5 Å². The van der Waals surface area contributed by atoms with E-state index in [1.807, 2.05) is 42.5 Å². The van der Waals surface area contributed by atoms with Gasteiger partial charge in [-0.25, -0.2) is 4.98 Å². The van der Waals surface area contributed by atoms with Crippen LogP contribution in [0.2, 0.25) is 0 Å². The average molecular weight is 364 g/mol. The molecule has 0 bridgehead atoms. The average Bonchev–Trinajstić information content (AvgIpc) is 3.15. The summed E-state index contributed by atoms with van der Waals surface area (Å²) in [7, 11) is 3.26. The van der Waals surface area contributed by atoms with E-state index in [-0.39, 0.29) is 0 Å². The number of pyridine rings is 1. The number of anilines is 2. The molecule has 0 spiro atoms. The first-order valence-electron chi connectivity index (χ1n) is 8.57. The van der Waals surface area contributed by atoms with Crippen LogP contribution in [0.3, 0.4) is 0 Å². The van der Waals surface area contributed by atoms with Crippen molar-refractivity contribution in [1.29, 1.82) is 0 Å². The second-order valence-electron chi connectivity index (χ2n) is 6.03. The number of aromatic amines is 1. The molecule has 0 unspecified atom stereocenters. The highest BCUT2D eigenvalue weighted by atomic mass is 16.5. The lowest BCUT2D eigenvalue weighted by Crippen LogP contribution is -2.05. The van der Waals surface area contributed by atoms with Crippen LogP contribution in [0.5, 0.6) is 11.5 Å². The van der Waals surface area contributed by atoms with E-state index in [4.69, 9.17) is 19.2 Å². The summed E-state index contributed by atoms with van der Waals surface area (Å²) < 4.78 is 16.2. The summed E-state index contributed by atoms with van der Waals surface area (Å²) in [6.07, 6.45) is 1.80. The van der Waals surface area contributed by atoms with Crippen LogP contribution in [0.15, 0.2) is 48.7 Å². The van der Waals surface area contributed by atoms with Gasteiger partial charge in [0.05, 0.1) is 30.9 Å². The van der Waals surface area contributed by atoms with Crippen LogP contribution in [-0.2, 0) is 4.74 Å². The Labute approximate surface area is 156 Å². The van der Waals surface area contributed by atoms with Crippen LogP contribution in [0, 0.1) is 0 Å². The van der Waals surface area contributed by atoms with Gasteiger partial charge < -0.3 is 19.5 Å². The standard InChI is InChI=1S/C20H20N4O3/c1-25-7-8-27-19-11-16-13(9-18(19)26-2)4-6-20(23-16)22-15-5-3-14-12-21-24-17(14)10-15/h3-6,9-12H,7-8H2,1-2H3,(H,21,24)(H,22,23). The van der Waals surface area contributed by atoms with Crippen molar-refractivity contribution in [3.8, 4) is 11.5 Å². The van der Waals surface area contributed by atoms with Crippen LogP contribution < -0.4 is 14.8 Å². The summed E-state index contributed by atoms with van der Waals surface area (Å²) in [5.41, 5.74) is 2.72. The highest BCUT2D eigenvalue weighted by molar-refractivity contribution is 5.86. The van der Waals surface area contributed by atoms with E-state index in [2.05, 4.69) is 15.5 Å². The van der Waals surface area contributed by atoms with E-state index >= 15 is 0 Å². The Balaban J connectivity index is 1.63. The molecule has 4 aromatic rings. The molecule has 0 aliphatic heterocycles. The smallest absolute Gasteiger partial charge is 0.163 e. The third-order valence-electron chi connectivity index (χ3n) is 4.23. The van der Waals surface area contributed by atoms with E-state index in [0.717, 1.165) is 33.3 Å². The summed E-state index contributed by atoms with van der Waals surface area (Å²) in [5.74, 6) is 2.06. The summed E-state index contributed by atoms with van der Waals surface area (Å²) in [6.45, 7) is 0.951. The highest BCUT2D eigenvalue weighted by Gasteiger charge is 2.09. The quantitative estimate of drug-likeness (QED) is 0.484. The largest absolute Gasteiger partial charge is 0.493 e. The van der Waals surface area contributed by atoms with Gasteiger partial charge in [-0.3, -0.25) is 5.10 Å². The van der Waals surface area contributed by atoms with Crippen molar-refractivity contribution < 1.29 is 14.2 Å². The monoisotopic (exact) mass is 364 g/mol. The molecule has 0 amide bonds. The fourth-order valence-electron chi connectivity index (χ4n) is 2.87. The zero-order valence-electron chi connectivity index (χ0n) is 15.2. The van der Waals surface area contributed by atoms with Gasteiger partial charge in [0.1, 0.15) is 12.4 Å². The summed E-state index contributed by atoms with van der Waals surface area (Å²) in [4.78, 5) is 4.70. The third kappa shape index (κ3) is 3.63. The van der Waals surface area contributed by atoms with E-state index in [0.29, 0.717) is 24.7 Å². The molecule has 27 heavy (non-hydrogen) atoms. The van der Waals surface area contributed by atoms with Gasteiger partial charge in [-0.1, -0.05) is 0 Å². The summed E-state index contributed by atoms with van der Waals surface area (Å²) in [6, 6.07) is 13.7. The van der Waals surface area contributed by atoms with Gasteiger partial charge in [-0.05, 0) is 36.4 Å².